The van der Waals surface area contributed by atoms with Gasteiger partial charge in [0.25, 0.3) is 5.91 Å². The highest BCUT2D eigenvalue weighted by molar-refractivity contribution is 7.80. The molecular weight excluding hydrogens is 298 g/mol. The van der Waals surface area contributed by atoms with Crippen LogP contribution < -0.4 is 10.5 Å². The lowest BCUT2D eigenvalue weighted by atomic mass is 10.1. The first-order valence-electron chi connectivity index (χ1n) is 6.45. The quantitative estimate of drug-likeness (QED) is 0.786. The summed E-state index contributed by atoms with van der Waals surface area (Å²) in [6.07, 6.45) is 0.436. The van der Waals surface area contributed by atoms with E-state index in [1.807, 2.05) is 13.8 Å². The van der Waals surface area contributed by atoms with Crippen LogP contribution >= 0.6 is 12.2 Å². The SMILES string of the molecule is CC(C)N(CCC(N)=S)C(=O)c1ccc(OC(F)F)cc1. The monoisotopic (exact) mass is 316 g/mol. The van der Waals surface area contributed by atoms with Crippen LogP contribution in [0.25, 0.3) is 0 Å². The number of alkyl halides is 2. The van der Waals surface area contributed by atoms with E-state index in [4.69, 9.17) is 18.0 Å². The van der Waals surface area contributed by atoms with Gasteiger partial charge in [0, 0.05) is 24.6 Å². The Morgan fingerprint density at radius 1 is 1.33 bits per heavy atom. The second-order valence-corrected chi connectivity index (χ2v) is 5.24. The second-order valence-electron chi connectivity index (χ2n) is 4.71. The number of hydrogen-bond acceptors (Lipinski definition) is 3. The molecule has 0 heterocycles. The van der Waals surface area contributed by atoms with Crippen LogP contribution in [-0.4, -0.2) is 35.0 Å². The van der Waals surface area contributed by atoms with Gasteiger partial charge in [-0.2, -0.15) is 8.78 Å². The first kappa shape index (κ1) is 17.3. The zero-order chi connectivity index (χ0) is 16.0. The minimum absolute atomic E-state index is 0.0146. The summed E-state index contributed by atoms with van der Waals surface area (Å²) in [7, 11) is 0. The first-order valence-corrected chi connectivity index (χ1v) is 6.86. The van der Waals surface area contributed by atoms with Gasteiger partial charge in [0.05, 0.1) is 4.99 Å². The van der Waals surface area contributed by atoms with Crippen molar-refractivity contribution >= 4 is 23.1 Å². The van der Waals surface area contributed by atoms with Crippen molar-refractivity contribution in [1.82, 2.24) is 4.90 Å². The number of carbonyl (C=O) groups is 1. The highest BCUT2D eigenvalue weighted by atomic mass is 32.1. The van der Waals surface area contributed by atoms with Crippen molar-refractivity contribution in [1.29, 1.82) is 0 Å². The maximum absolute atomic E-state index is 12.4. The molecule has 0 saturated carbocycles. The number of thiocarbonyl (C=S) groups is 1. The average Bonchev–Trinajstić information content (AvgIpc) is 2.38. The number of hydrogen-bond donors (Lipinski definition) is 1. The summed E-state index contributed by atoms with van der Waals surface area (Å²) >= 11 is 4.81. The molecule has 7 heteroatoms. The van der Waals surface area contributed by atoms with E-state index in [2.05, 4.69) is 4.74 Å². The number of amides is 1. The van der Waals surface area contributed by atoms with Crippen LogP contribution in [0.4, 0.5) is 8.78 Å². The number of carbonyl (C=O) groups excluding carboxylic acids is 1. The summed E-state index contributed by atoms with van der Waals surface area (Å²) < 4.78 is 28.4. The summed E-state index contributed by atoms with van der Waals surface area (Å²) in [4.78, 5) is 14.4. The molecule has 0 aliphatic heterocycles. The molecule has 0 fully saturated rings. The largest absolute Gasteiger partial charge is 0.435 e. The van der Waals surface area contributed by atoms with Crippen molar-refractivity contribution in [2.45, 2.75) is 32.9 Å². The Bertz CT molecular complexity index is 492. The Kier molecular flexibility index (Phi) is 6.48. The molecule has 0 aliphatic carbocycles. The lowest BCUT2D eigenvalue weighted by Crippen LogP contribution is -2.38. The maximum Gasteiger partial charge on any atom is 0.387 e. The van der Waals surface area contributed by atoms with E-state index in [1.54, 1.807) is 4.90 Å². The molecular formula is C14H18F2N2O2S. The summed E-state index contributed by atoms with van der Waals surface area (Å²) in [5.74, 6) is -0.189. The molecule has 0 aliphatic rings. The summed E-state index contributed by atoms with van der Waals surface area (Å²) in [6.45, 7) is 1.29. The molecule has 0 bridgehead atoms. The van der Waals surface area contributed by atoms with E-state index in [9.17, 15) is 13.6 Å². The third kappa shape index (κ3) is 5.63. The van der Waals surface area contributed by atoms with E-state index >= 15 is 0 Å². The highest BCUT2D eigenvalue weighted by Crippen LogP contribution is 2.17. The molecule has 2 N–H and O–H groups in total. The summed E-state index contributed by atoms with van der Waals surface area (Å²) in [5.41, 5.74) is 5.85. The van der Waals surface area contributed by atoms with Crippen LogP contribution in [-0.2, 0) is 0 Å². The maximum atomic E-state index is 12.4. The van der Waals surface area contributed by atoms with Crippen molar-refractivity contribution in [3.05, 3.63) is 29.8 Å². The predicted octanol–water partition coefficient (Wildman–Crippen LogP) is 2.81. The van der Waals surface area contributed by atoms with Gasteiger partial charge >= 0.3 is 6.61 Å². The molecule has 21 heavy (non-hydrogen) atoms. The van der Waals surface area contributed by atoms with Gasteiger partial charge < -0.3 is 15.4 Å². The van der Waals surface area contributed by atoms with Gasteiger partial charge in [0.15, 0.2) is 0 Å². The van der Waals surface area contributed by atoms with E-state index in [0.717, 1.165) is 0 Å². The fraction of sp³-hybridized carbons (Fsp3) is 0.429. The van der Waals surface area contributed by atoms with E-state index in [0.29, 0.717) is 23.5 Å². The smallest absolute Gasteiger partial charge is 0.387 e. The van der Waals surface area contributed by atoms with Crippen LogP contribution in [0.3, 0.4) is 0 Å². The number of rotatable bonds is 7. The predicted molar refractivity (Wildman–Crippen MR) is 80.6 cm³/mol. The van der Waals surface area contributed by atoms with Crippen LogP contribution in [0.1, 0.15) is 30.6 Å². The topological polar surface area (TPSA) is 55.6 Å². The van der Waals surface area contributed by atoms with Gasteiger partial charge in [-0.15, -0.1) is 0 Å². The fourth-order valence-electron chi connectivity index (χ4n) is 1.77. The van der Waals surface area contributed by atoms with Gasteiger partial charge in [-0.3, -0.25) is 4.79 Å². The molecule has 4 nitrogen and oxygen atoms in total. The third-order valence-electron chi connectivity index (χ3n) is 2.81. The van der Waals surface area contributed by atoms with Gasteiger partial charge in [0.1, 0.15) is 5.75 Å². The van der Waals surface area contributed by atoms with E-state index < -0.39 is 6.61 Å². The lowest BCUT2D eigenvalue weighted by Gasteiger charge is -2.26. The minimum atomic E-state index is -2.88. The van der Waals surface area contributed by atoms with Crippen molar-refractivity contribution in [3.8, 4) is 5.75 Å². The Labute approximate surface area is 127 Å². The molecule has 1 aromatic carbocycles. The summed E-state index contributed by atoms with van der Waals surface area (Å²) in [5, 5.41) is 0. The standard InChI is InChI=1S/C14H18F2N2O2S/c1-9(2)18(8-7-12(17)21)13(19)10-3-5-11(6-4-10)20-14(15)16/h3-6,9,14H,7-8H2,1-2H3,(H2,17,21). The Morgan fingerprint density at radius 2 is 1.90 bits per heavy atom. The van der Waals surface area contributed by atoms with E-state index in [-0.39, 0.29) is 17.7 Å². The van der Waals surface area contributed by atoms with Crippen LogP contribution in [0, 0.1) is 0 Å². The Balaban J connectivity index is 2.81. The average molecular weight is 316 g/mol. The molecule has 0 unspecified atom stereocenters. The fourth-order valence-corrected chi connectivity index (χ4v) is 1.86. The van der Waals surface area contributed by atoms with Gasteiger partial charge in [-0.25, -0.2) is 0 Å². The normalized spacial score (nSPS) is 10.8. The van der Waals surface area contributed by atoms with E-state index in [1.165, 1.54) is 24.3 Å². The van der Waals surface area contributed by atoms with Crippen molar-refractivity contribution in [3.63, 3.8) is 0 Å². The van der Waals surface area contributed by atoms with Crippen LogP contribution in [0.15, 0.2) is 24.3 Å². The van der Waals surface area contributed by atoms with Crippen molar-refractivity contribution in [2.24, 2.45) is 5.73 Å². The second kappa shape index (κ2) is 7.87. The molecule has 0 radical (unpaired) electrons. The van der Waals surface area contributed by atoms with Crippen molar-refractivity contribution in [2.75, 3.05) is 6.54 Å². The van der Waals surface area contributed by atoms with Crippen LogP contribution in [0.2, 0.25) is 0 Å². The summed E-state index contributed by atoms with van der Waals surface area (Å²) in [6, 6.07) is 5.56. The Hall–Kier alpha value is -1.76. The zero-order valence-corrected chi connectivity index (χ0v) is 12.7. The van der Waals surface area contributed by atoms with Gasteiger partial charge in [-0.1, -0.05) is 12.2 Å². The number of halogens is 2. The number of nitrogens with zero attached hydrogens (tertiary/aromatic N) is 1. The molecule has 0 atom stereocenters. The zero-order valence-electron chi connectivity index (χ0n) is 11.9. The molecule has 0 spiro atoms. The third-order valence-corrected chi connectivity index (χ3v) is 3.01. The molecule has 0 saturated heterocycles. The van der Waals surface area contributed by atoms with Gasteiger partial charge in [-0.05, 0) is 38.1 Å². The highest BCUT2D eigenvalue weighted by Gasteiger charge is 2.19. The number of benzene rings is 1. The molecule has 1 rings (SSSR count). The van der Waals surface area contributed by atoms with Crippen molar-refractivity contribution < 1.29 is 18.3 Å². The number of ether oxygens (including phenoxy) is 1. The molecule has 0 aromatic heterocycles. The minimum Gasteiger partial charge on any atom is -0.435 e. The molecule has 1 aromatic rings. The van der Waals surface area contributed by atoms with Crippen LogP contribution in [0.5, 0.6) is 5.75 Å². The molecule has 1 amide bonds. The van der Waals surface area contributed by atoms with Gasteiger partial charge in [0.2, 0.25) is 0 Å². The number of nitrogens with two attached hydrogens (primary N) is 1. The molecule has 116 valence electrons. The lowest BCUT2D eigenvalue weighted by molar-refractivity contribution is -0.0498. The Morgan fingerprint density at radius 3 is 2.33 bits per heavy atom. The first-order chi connectivity index (χ1) is 9.81.